The first-order valence-electron chi connectivity index (χ1n) is 7.07. The fourth-order valence-electron chi connectivity index (χ4n) is 2.72. The van der Waals surface area contributed by atoms with Gasteiger partial charge in [-0.05, 0) is 53.6 Å². The number of hydrogen-bond donors (Lipinski definition) is 1. The van der Waals surface area contributed by atoms with Gasteiger partial charge in [-0.1, -0.05) is 26.0 Å². The Kier molecular flexibility index (Phi) is 3.24. The summed E-state index contributed by atoms with van der Waals surface area (Å²) in [6.45, 7) is 4.54. The Balaban J connectivity index is 1.84. The molecule has 1 aliphatic heterocycles. The van der Waals surface area contributed by atoms with Crippen molar-refractivity contribution in [1.29, 1.82) is 0 Å². The molecule has 98 valence electrons. The van der Waals surface area contributed by atoms with Crippen molar-refractivity contribution in [2.45, 2.75) is 38.6 Å². The van der Waals surface area contributed by atoms with E-state index < -0.39 is 0 Å². The normalized spacial score (nSPS) is 18.7. The van der Waals surface area contributed by atoms with Crippen LogP contribution in [0.3, 0.4) is 0 Å². The first-order valence-corrected chi connectivity index (χ1v) is 7.07. The highest BCUT2D eigenvalue weighted by Gasteiger charge is 2.22. The zero-order valence-electron chi connectivity index (χ0n) is 11.6. The van der Waals surface area contributed by atoms with Crippen LogP contribution in [0, 0.1) is 0 Å². The lowest BCUT2D eigenvalue weighted by Crippen LogP contribution is -2.05. The van der Waals surface area contributed by atoms with Crippen LogP contribution in [0.1, 0.15) is 48.9 Å². The van der Waals surface area contributed by atoms with Gasteiger partial charge in [-0.15, -0.1) is 0 Å². The van der Waals surface area contributed by atoms with E-state index in [4.69, 9.17) is 0 Å². The smallest absolute Gasteiger partial charge is 0.0556 e. The lowest BCUT2D eigenvalue weighted by Gasteiger charge is -2.11. The number of fused-ring (bicyclic) bond motifs is 1. The lowest BCUT2D eigenvalue weighted by molar-refractivity contribution is 0.732. The largest absolute Gasteiger partial charge is 0.378 e. The van der Waals surface area contributed by atoms with Gasteiger partial charge in [0.2, 0.25) is 0 Å². The first kappa shape index (κ1) is 12.2. The zero-order chi connectivity index (χ0) is 13.2. The van der Waals surface area contributed by atoms with Gasteiger partial charge in [-0.25, -0.2) is 0 Å². The summed E-state index contributed by atoms with van der Waals surface area (Å²) >= 11 is 0. The first-order chi connectivity index (χ1) is 9.28. The standard InChI is InChI=1S/C17H20N2/c1-3-12(2)14-4-5-16-15(10-14)11-17(19-16)13-6-8-18-9-7-13/h4-10,12,17,19H,3,11H2,1-2H3. The fraction of sp³-hybridized carbons (Fsp3) is 0.353. The van der Waals surface area contributed by atoms with Gasteiger partial charge in [0.25, 0.3) is 0 Å². The molecule has 19 heavy (non-hydrogen) atoms. The molecular weight excluding hydrogens is 232 g/mol. The van der Waals surface area contributed by atoms with Crippen LogP contribution in [0.4, 0.5) is 5.69 Å². The van der Waals surface area contributed by atoms with E-state index in [-0.39, 0.29) is 0 Å². The molecular formula is C17H20N2. The number of rotatable bonds is 3. The van der Waals surface area contributed by atoms with Crippen molar-refractivity contribution in [3.8, 4) is 0 Å². The van der Waals surface area contributed by atoms with Gasteiger partial charge in [0.05, 0.1) is 6.04 Å². The molecule has 0 spiro atoms. The lowest BCUT2D eigenvalue weighted by atomic mass is 9.95. The number of nitrogens with zero attached hydrogens (tertiary/aromatic N) is 1. The number of pyridine rings is 1. The van der Waals surface area contributed by atoms with Crippen molar-refractivity contribution < 1.29 is 0 Å². The van der Waals surface area contributed by atoms with Crippen LogP contribution in [0.25, 0.3) is 0 Å². The molecule has 0 bridgehead atoms. The summed E-state index contributed by atoms with van der Waals surface area (Å²) in [7, 11) is 0. The second-order valence-electron chi connectivity index (χ2n) is 5.41. The van der Waals surface area contributed by atoms with E-state index in [0.717, 1.165) is 6.42 Å². The molecule has 2 heterocycles. The Hall–Kier alpha value is -1.83. The van der Waals surface area contributed by atoms with Crippen LogP contribution in [-0.2, 0) is 6.42 Å². The molecule has 1 aromatic heterocycles. The van der Waals surface area contributed by atoms with Gasteiger partial charge >= 0.3 is 0 Å². The van der Waals surface area contributed by atoms with E-state index >= 15 is 0 Å². The summed E-state index contributed by atoms with van der Waals surface area (Å²) in [5.74, 6) is 0.644. The van der Waals surface area contributed by atoms with Crippen molar-refractivity contribution in [3.05, 3.63) is 59.4 Å². The summed E-state index contributed by atoms with van der Waals surface area (Å²) < 4.78 is 0. The summed E-state index contributed by atoms with van der Waals surface area (Å²) in [5.41, 5.74) is 5.50. The molecule has 0 fully saturated rings. The van der Waals surface area contributed by atoms with E-state index in [9.17, 15) is 0 Å². The van der Waals surface area contributed by atoms with Crippen LogP contribution in [0.2, 0.25) is 0 Å². The Morgan fingerprint density at radius 1 is 1.26 bits per heavy atom. The Labute approximate surface area is 114 Å². The van der Waals surface area contributed by atoms with Crippen LogP contribution in [0.5, 0.6) is 0 Å². The van der Waals surface area contributed by atoms with Gasteiger partial charge in [0, 0.05) is 18.1 Å². The molecule has 2 nitrogen and oxygen atoms in total. The van der Waals surface area contributed by atoms with Crippen LogP contribution < -0.4 is 5.32 Å². The molecule has 2 unspecified atom stereocenters. The molecule has 0 aliphatic carbocycles. The van der Waals surface area contributed by atoms with Crippen molar-refractivity contribution in [2.75, 3.05) is 5.32 Å². The highest BCUT2D eigenvalue weighted by atomic mass is 14.9. The van der Waals surface area contributed by atoms with E-state index in [1.165, 1.54) is 28.8 Å². The Morgan fingerprint density at radius 2 is 2.05 bits per heavy atom. The molecule has 1 aliphatic rings. The second kappa shape index (κ2) is 5.04. The van der Waals surface area contributed by atoms with Gasteiger partial charge in [-0.3, -0.25) is 4.98 Å². The van der Waals surface area contributed by atoms with Gasteiger partial charge in [0.15, 0.2) is 0 Å². The van der Waals surface area contributed by atoms with Gasteiger partial charge in [-0.2, -0.15) is 0 Å². The SMILES string of the molecule is CCC(C)c1ccc2c(c1)CC(c1ccncc1)N2. The maximum Gasteiger partial charge on any atom is 0.0556 e. The predicted molar refractivity (Wildman–Crippen MR) is 79.5 cm³/mol. The molecule has 0 amide bonds. The van der Waals surface area contributed by atoms with E-state index in [2.05, 4.69) is 54.5 Å². The monoisotopic (exact) mass is 252 g/mol. The molecule has 2 heteroatoms. The van der Waals surface area contributed by atoms with Crippen molar-refractivity contribution >= 4 is 5.69 Å². The minimum atomic E-state index is 0.394. The summed E-state index contributed by atoms with van der Waals surface area (Å²) in [4.78, 5) is 4.09. The Bertz CT molecular complexity index is 563. The average molecular weight is 252 g/mol. The molecule has 2 aromatic rings. The second-order valence-corrected chi connectivity index (χ2v) is 5.41. The number of aromatic nitrogens is 1. The van der Waals surface area contributed by atoms with Crippen molar-refractivity contribution in [3.63, 3.8) is 0 Å². The zero-order valence-corrected chi connectivity index (χ0v) is 11.6. The van der Waals surface area contributed by atoms with Gasteiger partial charge < -0.3 is 5.32 Å². The number of hydrogen-bond acceptors (Lipinski definition) is 2. The predicted octanol–water partition coefficient (Wildman–Crippen LogP) is 4.30. The van der Waals surface area contributed by atoms with Crippen LogP contribution in [-0.4, -0.2) is 4.98 Å². The maximum atomic E-state index is 4.09. The molecule has 2 atom stereocenters. The third-order valence-corrected chi connectivity index (χ3v) is 4.17. The minimum absolute atomic E-state index is 0.394. The quantitative estimate of drug-likeness (QED) is 0.880. The van der Waals surface area contributed by atoms with Crippen molar-refractivity contribution in [1.82, 2.24) is 4.98 Å². The topological polar surface area (TPSA) is 24.9 Å². The maximum absolute atomic E-state index is 4.09. The fourth-order valence-corrected chi connectivity index (χ4v) is 2.72. The molecule has 3 rings (SSSR count). The number of anilines is 1. The Morgan fingerprint density at radius 3 is 2.79 bits per heavy atom. The van der Waals surface area contributed by atoms with Crippen LogP contribution >= 0.6 is 0 Å². The van der Waals surface area contributed by atoms with E-state index in [1.54, 1.807) is 0 Å². The molecule has 0 radical (unpaired) electrons. The third kappa shape index (κ3) is 2.35. The van der Waals surface area contributed by atoms with E-state index in [0.29, 0.717) is 12.0 Å². The third-order valence-electron chi connectivity index (χ3n) is 4.17. The summed E-state index contributed by atoms with van der Waals surface area (Å²) in [6.07, 6.45) is 6.00. The average Bonchev–Trinajstić information content (AvgIpc) is 2.90. The van der Waals surface area contributed by atoms with Crippen LogP contribution in [0.15, 0.2) is 42.7 Å². The summed E-state index contributed by atoms with van der Waals surface area (Å²) in [5, 5.41) is 3.61. The van der Waals surface area contributed by atoms with Gasteiger partial charge in [0.1, 0.15) is 0 Å². The van der Waals surface area contributed by atoms with Crippen molar-refractivity contribution in [2.24, 2.45) is 0 Å². The molecule has 1 aromatic carbocycles. The minimum Gasteiger partial charge on any atom is -0.378 e. The number of nitrogens with one attached hydrogen (secondary N) is 1. The highest BCUT2D eigenvalue weighted by molar-refractivity contribution is 5.59. The summed E-state index contributed by atoms with van der Waals surface area (Å²) in [6, 6.07) is 11.5. The highest BCUT2D eigenvalue weighted by Crippen LogP contribution is 2.35. The number of benzene rings is 1. The molecule has 1 N–H and O–H groups in total. The molecule has 0 saturated carbocycles. The molecule has 0 saturated heterocycles. The van der Waals surface area contributed by atoms with E-state index in [1.807, 2.05) is 12.4 Å².